The van der Waals surface area contributed by atoms with Gasteiger partial charge in [0.05, 0.1) is 0 Å². The predicted octanol–water partition coefficient (Wildman–Crippen LogP) is 8.93. The molecular weight excluding hydrogens is 516 g/mol. The molecule has 0 unspecified atom stereocenters. The Morgan fingerprint density at radius 1 is 0.611 bits per heavy atom. The Labute approximate surface area is 209 Å². The molecule has 1 aromatic heterocycles. The Morgan fingerprint density at radius 3 is 2.03 bits per heavy atom. The van der Waals surface area contributed by atoms with Crippen molar-refractivity contribution < 1.29 is 13.2 Å². The second-order valence-corrected chi connectivity index (χ2v) is 21.1. The molecule has 178 valence electrons. The van der Waals surface area contributed by atoms with E-state index >= 15 is 0 Å². The van der Waals surface area contributed by atoms with Crippen LogP contribution in [0.2, 0.25) is 17.3 Å². The second-order valence-electron chi connectivity index (χ2n) is 10.4. The molecule has 1 nitrogen and oxygen atoms in total. The van der Waals surface area contributed by atoms with Crippen LogP contribution in [0.15, 0.2) is 91.1 Å². The van der Waals surface area contributed by atoms with E-state index in [1.807, 2.05) is 12.1 Å². The standard InChI is InChI=1S/C31H24F3GeN/c1-35(2,3)22-9-11-23-20(17-22)8-10-26-25(23)12-13-28-27(26)14-15-36-30(28)21-16-19-6-4-5-7-24(19)29(18-21)31(32,33)34/h4-18H,1-3H3. The first-order chi connectivity index (χ1) is 17.1. The van der Waals surface area contributed by atoms with E-state index in [-0.39, 0.29) is 5.39 Å². The molecule has 0 atom stereocenters. The van der Waals surface area contributed by atoms with Crippen LogP contribution < -0.4 is 4.40 Å². The van der Waals surface area contributed by atoms with E-state index in [2.05, 4.69) is 58.7 Å². The second kappa shape index (κ2) is 8.07. The molecule has 6 aromatic rings. The van der Waals surface area contributed by atoms with Crippen LogP contribution in [-0.4, -0.2) is 18.3 Å². The molecule has 0 N–H and O–H groups in total. The molecular formula is C31H24F3GeN. The van der Waals surface area contributed by atoms with Gasteiger partial charge in [-0.05, 0) is 5.39 Å². The van der Waals surface area contributed by atoms with Gasteiger partial charge in [-0.3, -0.25) is 0 Å². The Bertz CT molecular complexity index is 1810. The fraction of sp³-hybridized carbons (Fsp3) is 0.129. The van der Waals surface area contributed by atoms with Crippen molar-refractivity contribution in [3.05, 3.63) is 96.7 Å². The number of pyridine rings is 1. The van der Waals surface area contributed by atoms with Crippen molar-refractivity contribution in [2.24, 2.45) is 0 Å². The Kier molecular flexibility index (Phi) is 5.17. The molecule has 36 heavy (non-hydrogen) atoms. The third kappa shape index (κ3) is 3.75. The molecule has 0 saturated heterocycles. The van der Waals surface area contributed by atoms with E-state index in [1.54, 1.807) is 30.5 Å². The zero-order valence-corrected chi connectivity index (χ0v) is 22.3. The van der Waals surface area contributed by atoms with Gasteiger partial charge in [-0.1, -0.05) is 24.3 Å². The molecule has 1 heterocycles. The molecule has 0 spiro atoms. The monoisotopic (exact) mass is 541 g/mol. The predicted molar refractivity (Wildman–Crippen MR) is 148 cm³/mol. The van der Waals surface area contributed by atoms with Gasteiger partial charge in [0.15, 0.2) is 0 Å². The van der Waals surface area contributed by atoms with Gasteiger partial charge in [-0.2, -0.15) is 13.2 Å². The summed E-state index contributed by atoms with van der Waals surface area (Å²) >= 11 is -1.95. The topological polar surface area (TPSA) is 12.9 Å². The number of fused-ring (bicyclic) bond motifs is 6. The maximum atomic E-state index is 14.0. The van der Waals surface area contributed by atoms with Crippen LogP contribution in [0.3, 0.4) is 0 Å². The van der Waals surface area contributed by atoms with Gasteiger partial charge in [-0.25, -0.2) is 0 Å². The summed E-state index contributed by atoms with van der Waals surface area (Å²) in [7, 11) is 0. The van der Waals surface area contributed by atoms with E-state index in [9.17, 15) is 13.2 Å². The van der Waals surface area contributed by atoms with Gasteiger partial charge in [0.1, 0.15) is 0 Å². The summed E-state index contributed by atoms with van der Waals surface area (Å²) < 4.78 is 43.4. The van der Waals surface area contributed by atoms with Crippen LogP contribution >= 0.6 is 0 Å². The molecule has 0 saturated carbocycles. The summed E-state index contributed by atoms with van der Waals surface area (Å²) in [5, 5.41) is 7.20. The van der Waals surface area contributed by atoms with Gasteiger partial charge in [0.25, 0.3) is 0 Å². The van der Waals surface area contributed by atoms with Crippen LogP contribution in [0.5, 0.6) is 0 Å². The number of aromatic nitrogens is 1. The van der Waals surface area contributed by atoms with E-state index < -0.39 is 25.0 Å². The van der Waals surface area contributed by atoms with Gasteiger partial charge in [0, 0.05) is 0 Å². The van der Waals surface area contributed by atoms with Crippen molar-refractivity contribution >= 4 is 60.8 Å². The number of hydrogen-bond donors (Lipinski definition) is 0. The number of rotatable bonds is 2. The van der Waals surface area contributed by atoms with Gasteiger partial charge in [-0.15, -0.1) is 0 Å². The van der Waals surface area contributed by atoms with E-state index in [4.69, 9.17) is 0 Å². The third-order valence-corrected chi connectivity index (χ3v) is 11.4. The average molecular weight is 540 g/mol. The minimum absolute atomic E-state index is 0.199. The molecule has 0 aliphatic heterocycles. The maximum absolute atomic E-state index is 14.0. The average Bonchev–Trinajstić information content (AvgIpc) is 2.85. The first-order valence-electron chi connectivity index (χ1n) is 12.0. The first-order valence-corrected chi connectivity index (χ1v) is 19.3. The van der Waals surface area contributed by atoms with E-state index in [0.29, 0.717) is 16.6 Å². The molecule has 0 radical (unpaired) electrons. The molecule has 0 aliphatic carbocycles. The normalized spacial score (nSPS) is 12.7. The fourth-order valence-corrected chi connectivity index (χ4v) is 7.65. The third-order valence-electron chi connectivity index (χ3n) is 7.07. The molecule has 0 bridgehead atoms. The summed E-state index contributed by atoms with van der Waals surface area (Å²) in [6, 6.07) is 26.8. The van der Waals surface area contributed by atoms with Crippen LogP contribution in [0.1, 0.15) is 5.56 Å². The summed E-state index contributed by atoms with van der Waals surface area (Å²) in [6.45, 7) is 0. The van der Waals surface area contributed by atoms with Gasteiger partial charge >= 0.3 is 167 Å². The fourth-order valence-electron chi connectivity index (χ4n) is 5.19. The van der Waals surface area contributed by atoms with E-state index in [1.165, 1.54) is 27.3 Å². The van der Waals surface area contributed by atoms with Crippen molar-refractivity contribution in [1.82, 2.24) is 4.98 Å². The van der Waals surface area contributed by atoms with Crippen LogP contribution in [0.25, 0.3) is 54.3 Å². The first kappa shape index (κ1) is 23.0. The molecule has 0 fully saturated rings. The Hall–Kier alpha value is -3.38. The number of hydrogen-bond acceptors (Lipinski definition) is 1. The Balaban J connectivity index is 1.61. The summed E-state index contributed by atoms with van der Waals surface area (Å²) in [6.07, 6.45) is -2.76. The number of nitrogens with zero attached hydrogens (tertiary/aromatic N) is 1. The summed E-state index contributed by atoms with van der Waals surface area (Å²) in [5.41, 5.74) is 0.385. The number of benzene rings is 5. The molecule has 0 aliphatic rings. The molecule has 5 heteroatoms. The zero-order valence-electron chi connectivity index (χ0n) is 20.2. The molecule has 5 aromatic carbocycles. The molecule has 0 amide bonds. The number of alkyl halides is 3. The van der Waals surface area contributed by atoms with Gasteiger partial charge < -0.3 is 0 Å². The zero-order chi connectivity index (χ0) is 25.2. The van der Waals surface area contributed by atoms with Crippen LogP contribution in [0, 0.1) is 0 Å². The summed E-state index contributed by atoms with van der Waals surface area (Å²) in [4.78, 5) is 4.55. The van der Waals surface area contributed by atoms with Crippen molar-refractivity contribution in [2.75, 3.05) is 0 Å². The van der Waals surface area contributed by atoms with Crippen molar-refractivity contribution in [1.29, 1.82) is 0 Å². The Morgan fingerprint density at radius 2 is 1.25 bits per heavy atom. The molecule has 6 rings (SSSR count). The van der Waals surface area contributed by atoms with Crippen LogP contribution in [0.4, 0.5) is 13.2 Å². The van der Waals surface area contributed by atoms with E-state index in [0.717, 1.165) is 21.5 Å². The quantitative estimate of drug-likeness (QED) is 0.158. The van der Waals surface area contributed by atoms with Crippen LogP contribution in [-0.2, 0) is 6.18 Å². The summed E-state index contributed by atoms with van der Waals surface area (Å²) in [5.74, 6) is 7.17. The van der Waals surface area contributed by atoms with Gasteiger partial charge in [0.2, 0.25) is 0 Å². The van der Waals surface area contributed by atoms with Crippen molar-refractivity contribution in [3.8, 4) is 11.3 Å². The van der Waals surface area contributed by atoms with Crippen molar-refractivity contribution in [2.45, 2.75) is 23.4 Å². The number of halogens is 3. The van der Waals surface area contributed by atoms with Crippen molar-refractivity contribution in [3.63, 3.8) is 0 Å². The minimum atomic E-state index is -4.46. The SMILES string of the molecule is [CH3][Ge]([CH3])([CH3])[c]1ccc2c(ccc3c4ccnc(-c5cc(C(F)(F)F)c6ccccc6c5)c4ccc23)c1.